The largest absolute Gasteiger partial charge is 0.399 e. The topological polar surface area (TPSA) is 55.6 Å². The third-order valence-corrected chi connectivity index (χ3v) is 2.32. The summed E-state index contributed by atoms with van der Waals surface area (Å²) in [4.78, 5) is 13.3. The van der Waals surface area contributed by atoms with Crippen molar-refractivity contribution < 1.29 is 9.53 Å². The Kier molecular flexibility index (Phi) is 4.79. The van der Waals surface area contributed by atoms with Crippen LogP contribution in [0.15, 0.2) is 24.3 Å². The van der Waals surface area contributed by atoms with E-state index in [4.69, 9.17) is 10.5 Å². The van der Waals surface area contributed by atoms with E-state index in [0.717, 1.165) is 5.69 Å². The summed E-state index contributed by atoms with van der Waals surface area (Å²) in [6.45, 7) is 3.02. The minimum Gasteiger partial charge on any atom is -0.399 e. The van der Waals surface area contributed by atoms with E-state index in [-0.39, 0.29) is 5.91 Å². The number of nitrogens with two attached hydrogens (primary N) is 1. The second-order valence-corrected chi connectivity index (χ2v) is 3.49. The van der Waals surface area contributed by atoms with Crippen LogP contribution in [0.2, 0.25) is 0 Å². The fourth-order valence-electron chi connectivity index (χ4n) is 1.31. The monoisotopic (exact) mass is 222 g/mol. The molecule has 4 heteroatoms. The average molecular weight is 222 g/mol. The summed E-state index contributed by atoms with van der Waals surface area (Å²) >= 11 is 0. The van der Waals surface area contributed by atoms with Crippen molar-refractivity contribution in [2.75, 3.05) is 30.9 Å². The molecule has 0 unspecified atom stereocenters. The molecule has 0 saturated carbocycles. The third-order valence-electron chi connectivity index (χ3n) is 2.32. The minimum absolute atomic E-state index is 0.0400. The van der Waals surface area contributed by atoms with Gasteiger partial charge in [0.25, 0.3) is 0 Å². The molecule has 0 spiro atoms. The van der Waals surface area contributed by atoms with Gasteiger partial charge in [0.05, 0.1) is 13.0 Å². The minimum atomic E-state index is 0.0400. The van der Waals surface area contributed by atoms with Gasteiger partial charge in [-0.15, -0.1) is 0 Å². The summed E-state index contributed by atoms with van der Waals surface area (Å²) in [6, 6.07) is 7.21. The predicted octanol–water partition coefficient (Wildman–Crippen LogP) is 1.66. The van der Waals surface area contributed by atoms with Gasteiger partial charge in [-0.3, -0.25) is 4.79 Å². The van der Waals surface area contributed by atoms with Crippen LogP contribution in [0.5, 0.6) is 0 Å². The Morgan fingerprint density at radius 2 is 2.00 bits per heavy atom. The van der Waals surface area contributed by atoms with Gasteiger partial charge in [-0.05, 0) is 31.2 Å². The van der Waals surface area contributed by atoms with Crippen LogP contribution in [-0.4, -0.2) is 26.2 Å². The lowest BCUT2D eigenvalue weighted by Crippen LogP contribution is -2.27. The molecule has 4 nitrogen and oxygen atoms in total. The normalized spacial score (nSPS) is 10.1. The molecular formula is C12H18N2O2. The van der Waals surface area contributed by atoms with Gasteiger partial charge in [-0.2, -0.15) is 0 Å². The van der Waals surface area contributed by atoms with E-state index in [9.17, 15) is 4.79 Å². The number of carbonyl (C=O) groups excluding carboxylic acids is 1. The molecule has 0 aliphatic heterocycles. The van der Waals surface area contributed by atoms with Gasteiger partial charge in [-0.25, -0.2) is 0 Å². The smallest absolute Gasteiger partial charge is 0.229 e. The van der Waals surface area contributed by atoms with Crippen molar-refractivity contribution in [3.8, 4) is 0 Å². The molecule has 1 rings (SSSR count). The Bertz CT molecular complexity index is 335. The molecule has 1 aromatic rings. The highest BCUT2D eigenvalue weighted by molar-refractivity contribution is 5.92. The Morgan fingerprint density at radius 3 is 2.56 bits per heavy atom. The number of rotatable bonds is 5. The lowest BCUT2D eigenvalue weighted by Gasteiger charge is -2.17. The van der Waals surface area contributed by atoms with Gasteiger partial charge >= 0.3 is 0 Å². The van der Waals surface area contributed by atoms with Crippen LogP contribution in [0.3, 0.4) is 0 Å². The summed E-state index contributed by atoms with van der Waals surface area (Å²) in [7, 11) is 1.75. The molecule has 0 heterocycles. The summed E-state index contributed by atoms with van der Waals surface area (Å²) in [5.41, 5.74) is 7.11. The second-order valence-electron chi connectivity index (χ2n) is 3.49. The van der Waals surface area contributed by atoms with Crippen LogP contribution >= 0.6 is 0 Å². The van der Waals surface area contributed by atoms with Gasteiger partial charge in [-0.1, -0.05) is 0 Å². The first kappa shape index (κ1) is 12.5. The number of nitrogens with zero attached hydrogens (tertiary/aromatic N) is 1. The maximum absolute atomic E-state index is 11.7. The molecule has 0 bridgehead atoms. The SMILES string of the molecule is CCOCCC(=O)N(C)c1ccc(N)cc1. The van der Waals surface area contributed by atoms with E-state index in [1.807, 2.05) is 19.1 Å². The average Bonchev–Trinajstić information content (AvgIpc) is 2.29. The second kappa shape index (κ2) is 6.12. The molecule has 0 atom stereocenters. The molecule has 88 valence electrons. The van der Waals surface area contributed by atoms with E-state index in [0.29, 0.717) is 25.3 Å². The molecule has 16 heavy (non-hydrogen) atoms. The molecule has 0 radical (unpaired) electrons. The molecule has 0 aliphatic carbocycles. The first-order chi connectivity index (χ1) is 7.65. The number of ether oxygens (including phenoxy) is 1. The molecular weight excluding hydrogens is 204 g/mol. The quantitative estimate of drug-likeness (QED) is 0.609. The zero-order valence-corrected chi connectivity index (χ0v) is 9.77. The molecule has 2 N–H and O–H groups in total. The summed E-state index contributed by atoms with van der Waals surface area (Å²) < 4.78 is 5.14. The highest BCUT2D eigenvalue weighted by Crippen LogP contribution is 2.15. The van der Waals surface area contributed by atoms with Crippen molar-refractivity contribution in [3.05, 3.63) is 24.3 Å². The Labute approximate surface area is 96.0 Å². The van der Waals surface area contributed by atoms with Crippen molar-refractivity contribution in [2.45, 2.75) is 13.3 Å². The van der Waals surface area contributed by atoms with Gasteiger partial charge in [0.15, 0.2) is 0 Å². The lowest BCUT2D eigenvalue weighted by atomic mass is 10.2. The van der Waals surface area contributed by atoms with Crippen LogP contribution in [0.1, 0.15) is 13.3 Å². The van der Waals surface area contributed by atoms with Crippen molar-refractivity contribution in [3.63, 3.8) is 0 Å². The number of amides is 1. The standard InChI is InChI=1S/C12H18N2O2/c1-3-16-9-8-12(15)14(2)11-6-4-10(13)5-7-11/h4-7H,3,8-9,13H2,1-2H3. The van der Waals surface area contributed by atoms with Gasteiger partial charge in [0.2, 0.25) is 5.91 Å². The molecule has 1 amide bonds. The van der Waals surface area contributed by atoms with E-state index >= 15 is 0 Å². The van der Waals surface area contributed by atoms with Crippen molar-refractivity contribution in [2.24, 2.45) is 0 Å². The first-order valence-electron chi connectivity index (χ1n) is 5.35. The zero-order chi connectivity index (χ0) is 12.0. The number of hydrogen-bond donors (Lipinski definition) is 1. The van der Waals surface area contributed by atoms with Gasteiger partial charge in [0.1, 0.15) is 0 Å². The van der Waals surface area contributed by atoms with E-state index < -0.39 is 0 Å². The van der Waals surface area contributed by atoms with Crippen LogP contribution < -0.4 is 10.6 Å². The third kappa shape index (κ3) is 3.55. The maximum Gasteiger partial charge on any atom is 0.229 e. The Hall–Kier alpha value is -1.55. The van der Waals surface area contributed by atoms with Crippen molar-refractivity contribution >= 4 is 17.3 Å². The predicted molar refractivity (Wildman–Crippen MR) is 65.4 cm³/mol. The summed E-state index contributed by atoms with van der Waals surface area (Å²) in [6.07, 6.45) is 0.398. The Balaban J connectivity index is 2.53. The zero-order valence-electron chi connectivity index (χ0n) is 9.77. The van der Waals surface area contributed by atoms with Crippen molar-refractivity contribution in [1.82, 2.24) is 0 Å². The fourth-order valence-corrected chi connectivity index (χ4v) is 1.31. The number of benzene rings is 1. The lowest BCUT2D eigenvalue weighted by molar-refractivity contribution is -0.119. The van der Waals surface area contributed by atoms with Crippen LogP contribution in [0, 0.1) is 0 Å². The highest BCUT2D eigenvalue weighted by atomic mass is 16.5. The van der Waals surface area contributed by atoms with Gasteiger partial charge < -0.3 is 15.4 Å². The van der Waals surface area contributed by atoms with Crippen molar-refractivity contribution in [1.29, 1.82) is 0 Å². The summed E-state index contributed by atoms with van der Waals surface area (Å²) in [5, 5.41) is 0. The number of hydrogen-bond acceptors (Lipinski definition) is 3. The fraction of sp³-hybridized carbons (Fsp3) is 0.417. The maximum atomic E-state index is 11.7. The Morgan fingerprint density at radius 1 is 1.38 bits per heavy atom. The van der Waals surface area contributed by atoms with E-state index in [2.05, 4.69) is 0 Å². The molecule has 1 aromatic carbocycles. The van der Waals surface area contributed by atoms with Gasteiger partial charge in [0, 0.05) is 25.0 Å². The molecule has 0 saturated heterocycles. The van der Waals surface area contributed by atoms with Crippen LogP contribution in [0.4, 0.5) is 11.4 Å². The first-order valence-corrected chi connectivity index (χ1v) is 5.35. The van der Waals surface area contributed by atoms with E-state index in [1.54, 1.807) is 24.1 Å². The number of nitrogen functional groups attached to an aromatic ring is 1. The van der Waals surface area contributed by atoms with Crippen LogP contribution in [0.25, 0.3) is 0 Å². The highest BCUT2D eigenvalue weighted by Gasteiger charge is 2.09. The molecule has 0 fully saturated rings. The number of carbonyl (C=O) groups is 1. The van der Waals surface area contributed by atoms with E-state index in [1.165, 1.54) is 0 Å². The summed E-state index contributed by atoms with van der Waals surface area (Å²) in [5.74, 6) is 0.0400. The molecule has 0 aliphatic rings. The molecule has 0 aromatic heterocycles. The van der Waals surface area contributed by atoms with Crippen LogP contribution in [-0.2, 0) is 9.53 Å². The number of anilines is 2.